The van der Waals surface area contributed by atoms with Crippen LogP contribution < -0.4 is 10.6 Å². The third kappa shape index (κ3) is 8.83. The minimum absolute atomic E-state index is 0.638. The number of carbonyl (C=O) groups is 2. The van der Waals surface area contributed by atoms with Crippen LogP contribution >= 0.6 is 7.82 Å². The minimum Gasteiger partial charge on any atom is -0.394 e. The van der Waals surface area contributed by atoms with Crippen LogP contribution in [0.3, 0.4) is 0 Å². The summed E-state index contributed by atoms with van der Waals surface area (Å²) in [7, 11) is -4.83. The van der Waals surface area contributed by atoms with Gasteiger partial charge in [0.25, 0.3) is 0 Å². The lowest BCUT2D eigenvalue weighted by Crippen LogP contribution is -2.69. The molecule has 222 valence electrons. The number of aliphatic hydroxyl groups excluding tert-OH is 7. The predicted molar refractivity (Wildman–Crippen MR) is 120 cm³/mol. The van der Waals surface area contributed by atoms with E-state index in [1.807, 2.05) is 0 Å². The van der Waals surface area contributed by atoms with Crippen molar-refractivity contribution in [2.75, 3.05) is 26.4 Å². The Hall–Kier alpha value is -1.35. The van der Waals surface area contributed by atoms with Crippen LogP contribution in [-0.4, -0.2) is 146 Å². The number of amides is 2. The summed E-state index contributed by atoms with van der Waals surface area (Å²) in [6.45, 7) is -0.989. The second-order valence-corrected chi connectivity index (χ2v) is 10.2. The molecule has 0 aromatic heterocycles. The van der Waals surface area contributed by atoms with Crippen molar-refractivity contribution < 1.29 is 78.1 Å². The highest BCUT2D eigenvalue weighted by atomic mass is 31.2. The Bertz CT molecular complexity index is 837. The maximum absolute atomic E-state index is 12.0. The van der Waals surface area contributed by atoms with Gasteiger partial charge in [0, 0.05) is 13.8 Å². The Labute approximate surface area is 216 Å². The Balaban J connectivity index is 2.23. The van der Waals surface area contributed by atoms with Crippen molar-refractivity contribution in [3.05, 3.63) is 0 Å². The Morgan fingerprint density at radius 3 is 2.08 bits per heavy atom. The molecule has 0 saturated carbocycles. The number of hydrogen-bond donors (Lipinski definition) is 10. The van der Waals surface area contributed by atoms with Crippen molar-refractivity contribution >= 4 is 19.6 Å². The second kappa shape index (κ2) is 14.3. The SMILES string of the molecule is CC(=O)N[C@@H]1[C@H](O[C@H]2[C@H](O)[C@@H](NC(C)=O)[C@H](O)O[C@@H]2CO)O[C@H](COP(=O)(O)OCC(O)CO)[C@@H](O)[C@@H]1O. The van der Waals surface area contributed by atoms with E-state index in [0.29, 0.717) is 0 Å². The average Bonchev–Trinajstić information content (AvgIpc) is 2.84. The normalized spacial score (nSPS) is 38.2. The van der Waals surface area contributed by atoms with Gasteiger partial charge < -0.3 is 65.5 Å². The summed E-state index contributed by atoms with van der Waals surface area (Å²) < 4.78 is 37.8. The molecule has 19 heteroatoms. The van der Waals surface area contributed by atoms with Crippen LogP contribution in [0.25, 0.3) is 0 Å². The molecule has 2 aliphatic rings. The molecule has 2 unspecified atom stereocenters. The molecule has 2 aliphatic heterocycles. The third-order valence-corrected chi connectivity index (χ3v) is 6.60. The predicted octanol–water partition coefficient (Wildman–Crippen LogP) is -5.62. The van der Waals surface area contributed by atoms with Crippen LogP contribution in [0, 0.1) is 0 Å². The molecule has 12 atom stereocenters. The van der Waals surface area contributed by atoms with E-state index in [1.165, 1.54) is 0 Å². The highest BCUT2D eigenvalue weighted by molar-refractivity contribution is 7.47. The number of carbonyl (C=O) groups excluding carboxylic acids is 2. The summed E-state index contributed by atoms with van der Waals surface area (Å²) in [5.41, 5.74) is 0. The van der Waals surface area contributed by atoms with Gasteiger partial charge in [-0.15, -0.1) is 0 Å². The van der Waals surface area contributed by atoms with Crippen LogP contribution in [0.1, 0.15) is 13.8 Å². The monoisotopic (exact) mass is 578 g/mol. The van der Waals surface area contributed by atoms with Gasteiger partial charge in [-0.2, -0.15) is 0 Å². The molecule has 38 heavy (non-hydrogen) atoms. The van der Waals surface area contributed by atoms with Gasteiger partial charge >= 0.3 is 7.82 Å². The molecule has 0 aromatic carbocycles. The molecule has 2 saturated heterocycles. The van der Waals surface area contributed by atoms with Crippen molar-refractivity contribution in [2.45, 2.75) is 81.2 Å². The van der Waals surface area contributed by atoms with Gasteiger partial charge in [-0.05, 0) is 0 Å². The molecule has 0 radical (unpaired) electrons. The fourth-order valence-corrected chi connectivity index (χ4v) is 4.58. The lowest BCUT2D eigenvalue weighted by molar-refractivity contribution is -0.327. The largest absolute Gasteiger partial charge is 0.472 e. The van der Waals surface area contributed by atoms with Crippen molar-refractivity contribution in [1.29, 1.82) is 0 Å². The van der Waals surface area contributed by atoms with E-state index in [-0.39, 0.29) is 0 Å². The minimum atomic E-state index is -4.83. The van der Waals surface area contributed by atoms with Crippen LogP contribution in [-0.2, 0) is 37.4 Å². The number of aliphatic hydroxyl groups is 7. The van der Waals surface area contributed by atoms with Gasteiger partial charge in [0.15, 0.2) is 12.6 Å². The summed E-state index contributed by atoms with van der Waals surface area (Å²) >= 11 is 0. The number of hydrogen-bond acceptors (Lipinski definition) is 15. The summed E-state index contributed by atoms with van der Waals surface area (Å²) in [5.74, 6) is -1.32. The lowest BCUT2D eigenvalue weighted by atomic mass is 9.94. The van der Waals surface area contributed by atoms with E-state index in [9.17, 15) is 49.7 Å². The van der Waals surface area contributed by atoms with Crippen molar-refractivity contribution in [1.82, 2.24) is 10.6 Å². The maximum atomic E-state index is 12.0. The van der Waals surface area contributed by atoms with Gasteiger partial charge in [-0.3, -0.25) is 18.6 Å². The van der Waals surface area contributed by atoms with E-state index in [4.69, 9.17) is 23.8 Å². The summed E-state index contributed by atoms with van der Waals surface area (Å²) in [6, 6.07) is -2.89. The Morgan fingerprint density at radius 1 is 0.921 bits per heavy atom. The molecular formula is C19H35N2O16P. The zero-order valence-electron chi connectivity index (χ0n) is 20.5. The quantitative estimate of drug-likeness (QED) is 0.0966. The van der Waals surface area contributed by atoms with Crippen LogP contribution in [0.4, 0.5) is 0 Å². The van der Waals surface area contributed by atoms with Gasteiger partial charge in [0.2, 0.25) is 11.8 Å². The first-order valence-electron chi connectivity index (χ1n) is 11.4. The summed E-state index contributed by atoms with van der Waals surface area (Å²) in [4.78, 5) is 33.0. The Morgan fingerprint density at radius 2 is 1.53 bits per heavy atom. The molecule has 2 heterocycles. The van der Waals surface area contributed by atoms with E-state index in [1.54, 1.807) is 0 Å². The average molecular weight is 578 g/mol. The molecule has 0 bridgehead atoms. The molecule has 2 fully saturated rings. The van der Waals surface area contributed by atoms with Crippen molar-refractivity contribution in [2.24, 2.45) is 0 Å². The van der Waals surface area contributed by atoms with Gasteiger partial charge in [0.05, 0.1) is 26.4 Å². The van der Waals surface area contributed by atoms with Crippen molar-refractivity contribution in [3.8, 4) is 0 Å². The van der Waals surface area contributed by atoms with Gasteiger partial charge in [0.1, 0.15) is 54.8 Å². The number of ether oxygens (including phenoxy) is 3. The number of phosphoric acid groups is 1. The summed E-state index contributed by atoms with van der Waals surface area (Å²) in [6.07, 6.45) is -14.7. The molecule has 2 amide bonds. The van der Waals surface area contributed by atoms with Crippen LogP contribution in [0.2, 0.25) is 0 Å². The van der Waals surface area contributed by atoms with Crippen molar-refractivity contribution in [3.63, 3.8) is 0 Å². The first kappa shape index (κ1) is 32.9. The highest BCUT2D eigenvalue weighted by Crippen LogP contribution is 2.44. The number of phosphoric ester groups is 1. The third-order valence-electron chi connectivity index (χ3n) is 5.65. The highest BCUT2D eigenvalue weighted by Gasteiger charge is 2.51. The molecule has 0 spiro atoms. The molecule has 0 aliphatic carbocycles. The van der Waals surface area contributed by atoms with E-state index in [2.05, 4.69) is 15.2 Å². The standard InChI is InChI=1S/C19H35N2O16P/c1-7(24)20-12-16(29)17(10(4-23)35-18(12)30)37-19-13(21-8(2)25)15(28)14(27)11(36-19)6-34-38(31,32)33-5-9(26)3-22/h9-19,22-23,26-30H,3-6H2,1-2H3,(H,20,24)(H,21,25)(H,31,32)/t9?,10-,11-,12-,13+,14-,15-,16-,17-,18-,19+/m1/s1. The van der Waals surface area contributed by atoms with E-state index < -0.39 is 113 Å². The number of nitrogens with one attached hydrogen (secondary N) is 2. The van der Waals surface area contributed by atoms with Gasteiger partial charge in [-0.1, -0.05) is 0 Å². The molecule has 10 N–H and O–H groups in total. The van der Waals surface area contributed by atoms with Crippen LogP contribution in [0.5, 0.6) is 0 Å². The topological polar surface area (TPSA) is 283 Å². The van der Waals surface area contributed by atoms with Gasteiger partial charge in [-0.25, -0.2) is 4.57 Å². The van der Waals surface area contributed by atoms with E-state index >= 15 is 0 Å². The molecule has 2 rings (SSSR count). The maximum Gasteiger partial charge on any atom is 0.472 e. The molecule has 18 nitrogen and oxygen atoms in total. The lowest BCUT2D eigenvalue weighted by Gasteiger charge is -2.47. The van der Waals surface area contributed by atoms with Crippen LogP contribution in [0.15, 0.2) is 0 Å². The number of rotatable bonds is 12. The first-order valence-corrected chi connectivity index (χ1v) is 12.9. The summed E-state index contributed by atoms with van der Waals surface area (Å²) in [5, 5.41) is 74.3. The zero-order valence-corrected chi connectivity index (χ0v) is 21.4. The smallest absolute Gasteiger partial charge is 0.394 e. The first-order chi connectivity index (χ1) is 17.7. The second-order valence-electron chi connectivity index (χ2n) is 8.71. The van der Waals surface area contributed by atoms with E-state index in [0.717, 1.165) is 13.8 Å². The fourth-order valence-electron chi connectivity index (χ4n) is 3.81. The zero-order chi connectivity index (χ0) is 28.8. The molecule has 0 aromatic rings. The molecular weight excluding hydrogens is 543 g/mol. The fraction of sp³-hybridized carbons (Fsp3) is 0.895. The Kier molecular flexibility index (Phi) is 12.4.